The first-order valence-corrected chi connectivity index (χ1v) is 33.1. The molecule has 2 heteroatoms. The summed E-state index contributed by atoms with van der Waals surface area (Å²) in [5.74, 6) is 0.719. The third-order valence-corrected chi connectivity index (χ3v) is 22.5. The van der Waals surface area contributed by atoms with Crippen molar-refractivity contribution >= 4 is 60.8 Å². The standard InChI is InChI=1S/C90H72N2/c1-87(2)78-33-21-19-29-66(78)70-43-37-60(51-82(70)87)91(58-23-11-9-12-24-58)62-39-45-72-68-41-35-55(49-80(68)89(5,6)84(72)53-62)76-47-57-48-77(65-28-16-18-32-75(65)86(57)74-31-17-15-27-64(74)76)56-36-42-69-73-46-40-63(54-85(73)90(7,8)81(69)50-56)92(59-25-13-10-14-26-59)61-38-44-71-67-30-20-22-34-79(67)88(3,4)83(71)52-61/h9-54,70,82H,1-8H3. The maximum Gasteiger partial charge on any atom is 0.0465 e. The van der Waals surface area contributed by atoms with Crippen LogP contribution in [-0.4, -0.2) is 0 Å². The van der Waals surface area contributed by atoms with Gasteiger partial charge < -0.3 is 9.80 Å². The van der Waals surface area contributed by atoms with Crippen LogP contribution in [0.2, 0.25) is 0 Å². The Morgan fingerprint density at radius 3 is 1.21 bits per heavy atom. The zero-order chi connectivity index (χ0) is 62.2. The monoisotopic (exact) mass is 1180 g/mol. The van der Waals surface area contributed by atoms with Crippen LogP contribution in [0.3, 0.4) is 0 Å². The zero-order valence-electron chi connectivity index (χ0n) is 53.6. The Bertz CT molecular complexity index is 5360. The normalized spacial score (nSPS) is 17.5. The van der Waals surface area contributed by atoms with Crippen molar-refractivity contribution in [1.29, 1.82) is 0 Å². The molecule has 13 aromatic rings. The maximum atomic E-state index is 2.56. The first kappa shape index (κ1) is 54.6. The SMILES string of the molecule is CC1(C)c2cc(-c3cc4cc(-c5ccc6c(c5)C(C)(C)c5cc(N(c7ccccc7)c7ccc8c(c7)C(C)(C)c7ccccc7-8)ccc5-6)c5ccccc5c4c4ccccc34)ccc2-c2ccc(N(C3=CC4C(C=C3)c3ccccc3C4(C)C)c3ccccc3)cc21. The van der Waals surface area contributed by atoms with Crippen molar-refractivity contribution in [2.75, 3.05) is 9.80 Å². The van der Waals surface area contributed by atoms with Crippen LogP contribution in [0.1, 0.15) is 106 Å². The number of benzene rings is 13. The minimum absolute atomic E-state index is 0.00992. The van der Waals surface area contributed by atoms with Gasteiger partial charge in [-0.1, -0.05) is 243 Å². The first-order chi connectivity index (χ1) is 44.6. The van der Waals surface area contributed by atoms with Gasteiger partial charge in [0, 0.05) is 56.3 Å². The smallest absolute Gasteiger partial charge is 0.0465 e. The summed E-state index contributed by atoms with van der Waals surface area (Å²) < 4.78 is 0. The molecule has 2 atom stereocenters. The van der Waals surface area contributed by atoms with Gasteiger partial charge in [0.15, 0.2) is 0 Å². The van der Waals surface area contributed by atoms with Crippen LogP contribution in [0.25, 0.3) is 88.0 Å². The molecule has 0 saturated heterocycles. The highest BCUT2D eigenvalue weighted by Crippen LogP contribution is 2.58. The van der Waals surface area contributed by atoms with Crippen molar-refractivity contribution in [3.8, 4) is 55.6 Å². The van der Waals surface area contributed by atoms with Crippen LogP contribution in [0.15, 0.2) is 285 Å². The summed E-state index contributed by atoms with van der Waals surface area (Å²) in [4.78, 5) is 4.95. The van der Waals surface area contributed by atoms with Crippen molar-refractivity contribution in [1.82, 2.24) is 0 Å². The number of para-hydroxylation sites is 2. The lowest BCUT2D eigenvalue weighted by Crippen LogP contribution is -2.28. The van der Waals surface area contributed by atoms with E-state index in [0.29, 0.717) is 11.8 Å². The van der Waals surface area contributed by atoms with Gasteiger partial charge in [0.25, 0.3) is 0 Å². The Morgan fingerprint density at radius 1 is 0.293 bits per heavy atom. The Kier molecular flexibility index (Phi) is 11.6. The fraction of sp³-hybridized carbons (Fsp3) is 0.156. The highest BCUT2D eigenvalue weighted by molar-refractivity contribution is 6.26. The van der Waals surface area contributed by atoms with Crippen LogP contribution in [0.5, 0.6) is 0 Å². The highest BCUT2D eigenvalue weighted by atomic mass is 15.2. The molecule has 2 unspecified atom stereocenters. The molecule has 0 aromatic heterocycles. The van der Waals surface area contributed by atoms with Gasteiger partial charge >= 0.3 is 0 Å². The van der Waals surface area contributed by atoms with Gasteiger partial charge in [0.1, 0.15) is 0 Å². The number of hydrogen-bond acceptors (Lipinski definition) is 2. The Hall–Kier alpha value is -10.3. The Balaban J connectivity index is 0.711. The van der Waals surface area contributed by atoms with Gasteiger partial charge in [-0.3, -0.25) is 0 Å². The first-order valence-electron chi connectivity index (χ1n) is 33.1. The molecule has 0 aliphatic heterocycles. The average molecular weight is 1180 g/mol. The van der Waals surface area contributed by atoms with E-state index in [-0.39, 0.29) is 21.7 Å². The molecule has 18 rings (SSSR count). The summed E-state index contributed by atoms with van der Waals surface area (Å²) in [5, 5.41) is 7.63. The van der Waals surface area contributed by atoms with Crippen LogP contribution in [0.4, 0.5) is 28.4 Å². The topological polar surface area (TPSA) is 6.48 Å². The van der Waals surface area contributed by atoms with Crippen molar-refractivity contribution in [2.45, 2.75) is 83.0 Å². The van der Waals surface area contributed by atoms with Gasteiger partial charge in [0.2, 0.25) is 0 Å². The van der Waals surface area contributed by atoms with Crippen molar-refractivity contribution in [3.63, 3.8) is 0 Å². The molecule has 0 amide bonds. The number of nitrogens with zero attached hydrogens (tertiary/aromatic N) is 2. The number of anilines is 5. The molecule has 0 bridgehead atoms. The fourth-order valence-electron chi connectivity index (χ4n) is 17.7. The largest absolute Gasteiger partial charge is 0.311 e. The van der Waals surface area contributed by atoms with Crippen LogP contribution >= 0.6 is 0 Å². The lowest BCUT2D eigenvalue weighted by Gasteiger charge is -2.35. The fourth-order valence-corrected chi connectivity index (χ4v) is 17.7. The quantitative estimate of drug-likeness (QED) is 0.140. The van der Waals surface area contributed by atoms with E-state index >= 15 is 0 Å². The molecule has 0 spiro atoms. The van der Waals surface area contributed by atoms with E-state index in [4.69, 9.17) is 0 Å². The molecule has 0 heterocycles. The van der Waals surface area contributed by atoms with E-state index in [1.54, 1.807) is 0 Å². The minimum Gasteiger partial charge on any atom is -0.311 e. The summed E-state index contributed by atoms with van der Waals surface area (Å²) in [6, 6.07) is 99.2. The zero-order valence-corrected chi connectivity index (χ0v) is 53.6. The van der Waals surface area contributed by atoms with Crippen LogP contribution in [-0.2, 0) is 21.7 Å². The summed E-state index contributed by atoms with van der Waals surface area (Å²) >= 11 is 0. The molecule has 92 heavy (non-hydrogen) atoms. The van der Waals surface area contributed by atoms with Crippen molar-refractivity contribution < 1.29 is 0 Å². The van der Waals surface area contributed by atoms with Crippen LogP contribution in [0, 0.1) is 5.92 Å². The van der Waals surface area contributed by atoms with Gasteiger partial charge in [-0.2, -0.15) is 0 Å². The van der Waals surface area contributed by atoms with Crippen molar-refractivity contribution in [3.05, 3.63) is 329 Å². The Morgan fingerprint density at radius 2 is 0.685 bits per heavy atom. The third-order valence-electron chi connectivity index (χ3n) is 22.5. The van der Waals surface area contributed by atoms with Gasteiger partial charge in [-0.25, -0.2) is 0 Å². The second kappa shape index (κ2) is 19.6. The molecule has 5 aliphatic carbocycles. The molecule has 0 saturated carbocycles. The molecule has 0 fully saturated rings. The van der Waals surface area contributed by atoms with E-state index in [1.165, 1.54) is 155 Å². The maximum absolute atomic E-state index is 2.56. The number of rotatable bonds is 8. The Labute approximate surface area is 541 Å². The molecule has 5 aliphatic rings. The summed E-state index contributed by atoms with van der Waals surface area (Å²) in [6.45, 7) is 19.3. The molecule has 0 radical (unpaired) electrons. The second-order valence-electron chi connectivity index (χ2n) is 28.8. The van der Waals surface area contributed by atoms with E-state index in [2.05, 4.69) is 344 Å². The van der Waals surface area contributed by atoms with Gasteiger partial charge in [-0.15, -0.1) is 0 Å². The number of fused-ring (bicyclic) bond motifs is 17. The minimum atomic E-state index is -0.269. The predicted octanol–water partition coefficient (Wildman–Crippen LogP) is 24.2. The van der Waals surface area contributed by atoms with E-state index in [9.17, 15) is 0 Å². The van der Waals surface area contributed by atoms with Gasteiger partial charge in [0.05, 0.1) is 0 Å². The average Bonchev–Trinajstić information content (AvgIpc) is 1.33. The summed E-state index contributed by atoms with van der Waals surface area (Å²) in [6.07, 6.45) is 7.41. The highest BCUT2D eigenvalue weighted by Gasteiger charge is 2.46. The summed E-state index contributed by atoms with van der Waals surface area (Å²) in [7, 11) is 0. The number of allylic oxidation sites excluding steroid dienone is 3. The van der Waals surface area contributed by atoms with E-state index < -0.39 is 0 Å². The summed E-state index contributed by atoms with van der Waals surface area (Å²) in [5.41, 5.74) is 30.4. The molecular formula is C90H72N2. The van der Waals surface area contributed by atoms with E-state index in [0.717, 1.165) is 11.4 Å². The molecule has 13 aromatic carbocycles. The number of hydrogen-bond donors (Lipinski definition) is 0. The molecule has 2 nitrogen and oxygen atoms in total. The second-order valence-corrected chi connectivity index (χ2v) is 28.8. The lowest BCUT2D eigenvalue weighted by atomic mass is 9.74. The predicted molar refractivity (Wildman–Crippen MR) is 389 cm³/mol. The third kappa shape index (κ3) is 7.80. The molecule has 442 valence electrons. The van der Waals surface area contributed by atoms with Crippen LogP contribution < -0.4 is 9.80 Å². The molecule has 0 N–H and O–H groups in total. The van der Waals surface area contributed by atoms with Gasteiger partial charge in [-0.05, 0) is 235 Å². The van der Waals surface area contributed by atoms with Crippen molar-refractivity contribution in [2.24, 2.45) is 5.92 Å². The van der Waals surface area contributed by atoms with E-state index in [1.807, 2.05) is 0 Å². The lowest BCUT2D eigenvalue weighted by molar-refractivity contribution is 0.392. The molecular weight excluding hydrogens is 1110 g/mol.